The molecule has 0 aliphatic carbocycles. The second-order valence-electron chi connectivity index (χ2n) is 6.18. The third-order valence-electron chi connectivity index (χ3n) is 4.57. The number of hydrogen-bond acceptors (Lipinski definition) is 5. The molecule has 1 N–H and O–H groups in total. The summed E-state index contributed by atoms with van der Waals surface area (Å²) in [7, 11) is 1.61. The van der Waals surface area contributed by atoms with Crippen molar-refractivity contribution in [2.75, 3.05) is 7.11 Å². The fraction of sp³-hybridized carbons (Fsp3) is 0.143. The lowest BCUT2D eigenvalue weighted by Crippen LogP contribution is -2.26. The van der Waals surface area contributed by atoms with E-state index in [-0.39, 0.29) is 17.4 Å². The molecule has 2 aromatic carbocycles. The first-order valence-corrected chi connectivity index (χ1v) is 8.54. The Balaban J connectivity index is 1.73. The lowest BCUT2D eigenvalue weighted by Gasteiger charge is -2.21. The van der Waals surface area contributed by atoms with E-state index in [2.05, 4.69) is 5.10 Å². The van der Waals surface area contributed by atoms with Crippen molar-refractivity contribution >= 4 is 11.6 Å². The number of benzene rings is 2. The Hall–Kier alpha value is -3.54. The van der Waals surface area contributed by atoms with Crippen molar-refractivity contribution in [2.24, 2.45) is 5.10 Å². The van der Waals surface area contributed by atoms with Crippen molar-refractivity contribution in [3.8, 4) is 11.5 Å². The Morgan fingerprint density at radius 3 is 2.59 bits per heavy atom. The molecule has 1 atom stereocenters. The molecule has 27 heavy (non-hydrogen) atoms. The molecule has 0 fully saturated rings. The van der Waals surface area contributed by atoms with Gasteiger partial charge in [-0.2, -0.15) is 5.10 Å². The molecule has 2 heterocycles. The third-order valence-corrected chi connectivity index (χ3v) is 4.57. The zero-order valence-electron chi connectivity index (χ0n) is 14.7. The summed E-state index contributed by atoms with van der Waals surface area (Å²) in [6, 6.07) is 17.3. The molecule has 1 aliphatic rings. The van der Waals surface area contributed by atoms with Crippen LogP contribution in [0.1, 0.15) is 34.1 Å². The highest BCUT2D eigenvalue weighted by molar-refractivity contribution is 6.04. The molecule has 1 amide bonds. The Labute approximate surface area is 156 Å². The van der Waals surface area contributed by atoms with Gasteiger partial charge in [-0.1, -0.05) is 18.2 Å². The minimum Gasteiger partial charge on any atom is -0.508 e. The molecule has 0 saturated heterocycles. The number of hydrogen-bond donors (Lipinski definition) is 1. The molecule has 1 aromatic heterocycles. The maximum absolute atomic E-state index is 12.9. The molecular weight excluding hydrogens is 344 g/mol. The Kier molecular flexibility index (Phi) is 4.38. The number of amides is 1. The van der Waals surface area contributed by atoms with Gasteiger partial charge in [0.25, 0.3) is 0 Å². The van der Waals surface area contributed by atoms with Crippen LogP contribution in [0.4, 0.5) is 0 Å². The van der Waals surface area contributed by atoms with Crippen LogP contribution < -0.4 is 4.74 Å². The van der Waals surface area contributed by atoms with E-state index in [1.807, 2.05) is 30.3 Å². The van der Waals surface area contributed by atoms with Crippen LogP contribution in [0.25, 0.3) is 0 Å². The molecule has 136 valence electrons. The predicted molar refractivity (Wildman–Crippen MR) is 99.9 cm³/mol. The quantitative estimate of drug-likeness (QED) is 0.762. The lowest BCUT2D eigenvalue weighted by atomic mass is 9.97. The van der Waals surface area contributed by atoms with E-state index < -0.39 is 6.04 Å². The van der Waals surface area contributed by atoms with Gasteiger partial charge in [-0.15, -0.1) is 0 Å². The van der Waals surface area contributed by atoms with Gasteiger partial charge >= 0.3 is 5.91 Å². The fourth-order valence-electron chi connectivity index (χ4n) is 3.18. The number of para-hydroxylation sites is 1. The minimum atomic E-state index is -0.416. The first-order valence-electron chi connectivity index (χ1n) is 8.54. The summed E-state index contributed by atoms with van der Waals surface area (Å²) in [6.07, 6.45) is 1.93. The van der Waals surface area contributed by atoms with Crippen LogP contribution in [0.3, 0.4) is 0 Å². The Morgan fingerprint density at radius 2 is 1.93 bits per heavy atom. The number of phenolic OH excluding ortho intramolecular Hbond substituents is 1. The maximum Gasteiger partial charge on any atom is 0.310 e. The van der Waals surface area contributed by atoms with Gasteiger partial charge in [0.1, 0.15) is 11.5 Å². The van der Waals surface area contributed by atoms with E-state index in [1.165, 1.54) is 11.3 Å². The summed E-state index contributed by atoms with van der Waals surface area (Å²) < 4.78 is 10.5. The topological polar surface area (TPSA) is 75.3 Å². The molecule has 0 saturated carbocycles. The first kappa shape index (κ1) is 16.9. The second kappa shape index (κ2) is 6.99. The molecular formula is C21H18N2O4. The van der Waals surface area contributed by atoms with Gasteiger partial charge in [0.15, 0.2) is 5.76 Å². The van der Waals surface area contributed by atoms with E-state index in [9.17, 15) is 9.90 Å². The van der Waals surface area contributed by atoms with E-state index in [0.717, 1.165) is 17.0 Å². The van der Waals surface area contributed by atoms with Crippen molar-refractivity contribution in [1.29, 1.82) is 0 Å². The first-order chi connectivity index (χ1) is 13.2. The van der Waals surface area contributed by atoms with Crippen LogP contribution in [0.2, 0.25) is 0 Å². The number of aromatic hydroxyl groups is 1. The molecule has 0 bridgehead atoms. The molecule has 3 aromatic rings. The van der Waals surface area contributed by atoms with Crippen LogP contribution in [0.5, 0.6) is 11.5 Å². The van der Waals surface area contributed by atoms with Crippen molar-refractivity contribution in [3.05, 3.63) is 83.8 Å². The summed E-state index contributed by atoms with van der Waals surface area (Å²) in [6.45, 7) is 0. The Bertz CT molecular complexity index is 978. The van der Waals surface area contributed by atoms with E-state index >= 15 is 0 Å². The molecule has 4 rings (SSSR count). The molecule has 6 heteroatoms. The van der Waals surface area contributed by atoms with Gasteiger partial charge in [0.2, 0.25) is 0 Å². The number of rotatable bonds is 4. The number of carbonyl (C=O) groups is 1. The molecule has 0 radical (unpaired) electrons. The number of hydrazone groups is 1. The average molecular weight is 362 g/mol. The van der Waals surface area contributed by atoms with E-state index in [1.54, 1.807) is 37.4 Å². The standard InChI is InChI=1S/C21H18N2O4/c1-26-15-10-8-14(9-11-15)17-13-18(16-5-2-3-6-19(16)24)23(22-17)21(25)20-7-4-12-27-20/h2-12,18,24H,13H2,1H3/t18-/m0/s1. The van der Waals surface area contributed by atoms with Gasteiger partial charge in [-0.05, 0) is 48.0 Å². The van der Waals surface area contributed by atoms with Crippen LogP contribution in [0, 0.1) is 0 Å². The number of carbonyl (C=O) groups excluding carboxylic acids is 1. The summed E-state index contributed by atoms with van der Waals surface area (Å²) in [5.74, 6) is 0.732. The summed E-state index contributed by atoms with van der Waals surface area (Å²) >= 11 is 0. The highest BCUT2D eigenvalue weighted by Crippen LogP contribution is 2.37. The second-order valence-corrected chi connectivity index (χ2v) is 6.18. The molecule has 0 spiro atoms. The summed E-state index contributed by atoms with van der Waals surface area (Å²) in [5.41, 5.74) is 2.29. The van der Waals surface area contributed by atoms with Gasteiger partial charge in [-0.3, -0.25) is 4.79 Å². The number of phenols is 1. The molecule has 6 nitrogen and oxygen atoms in total. The van der Waals surface area contributed by atoms with Crippen LogP contribution >= 0.6 is 0 Å². The smallest absolute Gasteiger partial charge is 0.310 e. The highest BCUT2D eigenvalue weighted by atomic mass is 16.5. The number of methoxy groups -OCH3 is 1. The van der Waals surface area contributed by atoms with Gasteiger partial charge < -0.3 is 14.3 Å². The van der Waals surface area contributed by atoms with Crippen LogP contribution in [-0.2, 0) is 0 Å². The average Bonchev–Trinajstić information content (AvgIpc) is 3.38. The van der Waals surface area contributed by atoms with Crippen molar-refractivity contribution in [2.45, 2.75) is 12.5 Å². The number of furan rings is 1. The predicted octanol–water partition coefficient (Wildman–Crippen LogP) is 3.99. The largest absolute Gasteiger partial charge is 0.508 e. The third kappa shape index (κ3) is 3.17. The van der Waals surface area contributed by atoms with Crippen LogP contribution in [0.15, 0.2) is 76.4 Å². The van der Waals surface area contributed by atoms with E-state index in [4.69, 9.17) is 9.15 Å². The van der Waals surface area contributed by atoms with Gasteiger partial charge in [0.05, 0.1) is 25.1 Å². The molecule has 0 unspecified atom stereocenters. The highest BCUT2D eigenvalue weighted by Gasteiger charge is 2.35. The van der Waals surface area contributed by atoms with Crippen molar-refractivity contribution in [1.82, 2.24) is 5.01 Å². The molecule has 1 aliphatic heterocycles. The van der Waals surface area contributed by atoms with Gasteiger partial charge in [0, 0.05) is 12.0 Å². The zero-order valence-corrected chi connectivity index (χ0v) is 14.7. The van der Waals surface area contributed by atoms with Gasteiger partial charge in [-0.25, -0.2) is 5.01 Å². The SMILES string of the molecule is COc1ccc(C2=NN(C(=O)c3ccco3)[C@H](c3ccccc3O)C2)cc1. The van der Waals surface area contributed by atoms with E-state index in [0.29, 0.717) is 12.0 Å². The zero-order chi connectivity index (χ0) is 18.8. The summed E-state index contributed by atoms with van der Waals surface area (Å²) in [4.78, 5) is 12.9. The van der Waals surface area contributed by atoms with Crippen molar-refractivity contribution in [3.63, 3.8) is 0 Å². The number of nitrogens with zero attached hydrogens (tertiary/aromatic N) is 2. The minimum absolute atomic E-state index is 0.130. The maximum atomic E-state index is 12.9. The fourth-order valence-corrected chi connectivity index (χ4v) is 3.18. The normalized spacial score (nSPS) is 16.3. The van der Waals surface area contributed by atoms with Crippen LogP contribution in [-0.4, -0.2) is 28.8 Å². The summed E-state index contributed by atoms with van der Waals surface area (Å²) in [5, 5.41) is 16.2. The Morgan fingerprint density at radius 1 is 1.15 bits per heavy atom. The monoisotopic (exact) mass is 362 g/mol. The lowest BCUT2D eigenvalue weighted by molar-refractivity contribution is 0.0677. The number of ether oxygens (including phenoxy) is 1. The van der Waals surface area contributed by atoms with Crippen molar-refractivity contribution < 1.29 is 19.1 Å².